The lowest BCUT2D eigenvalue weighted by Crippen LogP contribution is -2.42. The zero-order valence-corrected chi connectivity index (χ0v) is 11.3. The molecule has 0 radical (unpaired) electrons. The molecule has 0 unspecified atom stereocenters. The van der Waals surface area contributed by atoms with Crippen molar-refractivity contribution >= 4 is 0 Å². The van der Waals surface area contributed by atoms with Gasteiger partial charge in [0.05, 0.1) is 5.69 Å². The molecule has 1 fully saturated rings. The highest BCUT2D eigenvalue weighted by Gasteiger charge is 2.18. The van der Waals surface area contributed by atoms with Gasteiger partial charge in [0.2, 0.25) is 5.89 Å². The van der Waals surface area contributed by atoms with Crippen LogP contribution in [0.15, 0.2) is 34.9 Å². The van der Waals surface area contributed by atoms with Crippen molar-refractivity contribution in [3.8, 4) is 11.5 Å². The summed E-state index contributed by atoms with van der Waals surface area (Å²) in [6.07, 6.45) is 3.89. The van der Waals surface area contributed by atoms with Crippen molar-refractivity contribution in [2.45, 2.75) is 25.4 Å². The Hall–Kier alpha value is -1.72. The molecule has 1 atom stereocenters. The molecule has 0 spiro atoms. The number of aromatic nitrogens is 1. The maximum Gasteiger partial charge on any atom is 0.226 e. The Morgan fingerprint density at radius 3 is 2.90 bits per heavy atom. The van der Waals surface area contributed by atoms with E-state index < -0.39 is 0 Å². The number of oxazole rings is 1. The first-order chi connectivity index (χ1) is 9.70. The number of hydrogen-bond donors (Lipinski definition) is 1. The third kappa shape index (κ3) is 3.05. The van der Waals surface area contributed by atoms with E-state index in [4.69, 9.17) is 10.2 Å². The van der Waals surface area contributed by atoms with E-state index in [1.54, 1.807) is 18.4 Å². The minimum absolute atomic E-state index is 0.257. The molecular weight excluding hydrogens is 257 g/mol. The number of hydrogen-bond acceptors (Lipinski definition) is 4. The molecule has 3 rings (SSSR count). The SMILES string of the molecule is N[C@@H]1CCCN(Cc2coc(-c3ccc(F)cc3)n2)C1. The summed E-state index contributed by atoms with van der Waals surface area (Å²) in [7, 11) is 0. The Bertz CT molecular complexity index is 567. The Labute approximate surface area is 117 Å². The molecule has 20 heavy (non-hydrogen) atoms. The molecule has 1 aromatic carbocycles. The highest BCUT2D eigenvalue weighted by atomic mass is 19.1. The second-order valence-corrected chi connectivity index (χ2v) is 5.29. The maximum absolute atomic E-state index is 12.9. The molecule has 4 nitrogen and oxygen atoms in total. The van der Waals surface area contributed by atoms with E-state index in [2.05, 4.69) is 9.88 Å². The lowest BCUT2D eigenvalue weighted by atomic mass is 10.1. The summed E-state index contributed by atoms with van der Waals surface area (Å²) >= 11 is 0. The van der Waals surface area contributed by atoms with Crippen molar-refractivity contribution in [1.29, 1.82) is 0 Å². The van der Waals surface area contributed by atoms with Gasteiger partial charge < -0.3 is 10.2 Å². The van der Waals surface area contributed by atoms with E-state index in [1.807, 2.05) is 0 Å². The van der Waals surface area contributed by atoms with E-state index >= 15 is 0 Å². The lowest BCUT2D eigenvalue weighted by Gasteiger charge is -2.29. The van der Waals surface area contributed by atoms with E-state index in [-0.39, 0.29) is 11.9 Å². The van der Waals surface area contributed by atoms with Crippen LogP contribution in [0.25, 0.3) is 11.5 Å². The van der Waals surface area contributed by atoms with Gasteiger partial charge >= 0.3 is 0 Å². The number of benzene rings is 1. The van der Waals surface area contributed by atoms with Gasteiger partial charge in [-0.25, -0.2) is 9.37 Å². The topological polar surface area (TPSA) is 55.3 Å². The van der Waals surface area contributed by atoms with Gasteiger partial charge in [-0.1, -0.05) is 0 Å². The zero-order chi connectivity index (χ0) is 13.9. The van der Waals surface area contributed by atoms with Gasteiger partial charge in [0.25, 0.3) is 0 Å². The zero-order valence-electron chi connectivity index (χ0n) is 11.3. The van der Waals surface area contributed by atoms with Crippen LogP contribution in [0.1, 0.15) is 18.5 Å². The van der Waals surface area contributed by atoms with Gasteiger partial charge in [-0.2, -0.15) is 0 Å². The molecule has 1 aromatic heterocycles. The van der Waals surface area contributed by atoms with Crippen LogP contribution >= 0.6 is 0 Å². The molecule has 0 bridgehead atoms. The Morgan fingerprint density at radius 1 is 1.35 bits per heavy atom. The van der Waals surface area contributed by atoms with Crippen LogP contribution in [0.5, 0.6) is 0 Å². The number of nitrogens with two attached hydrogens (primary N) is 1. The molecule has 2 heterocycles. The van der Waals surface area contributed by atoms with Gasteiger partial charge in [0.1, 0.15) is 12.1 Å². The number of halogens is 1. The molecule has 0 aliphatic carbocycles. The van der Waals surface area contributed by atoms with Crippen molar-refractivity contribution in [3.63, 3.8) is 0 Å². The fourth-order valence-electron chi connectivity index (χ4n) is 2.57. The third-order valence-electron chi connectivity index (χ3n) is 3.57. The minimum atomic E-state index is -0.261. The molecule has 2 N–H and O–H groups in total. The highest BCUT2D eigenvalue weighted by molar-refractivity contribution is 5.52. The first-order valence-electron chi connectivity index (χ1n) is 6.89. The first-order valence-corrected chi connectivity index (χ1v) is 6.89. The van der Waals surface area contributed by atoms with Crippen molar-refractivity contribution in [3.05, 3.63) is 42.0 Å². The summed E-state index contributed by atoms with van der Waals surface area (Å²) in [5, 5.41) is 0. The van der Waals surface area contributed by atoms with Crippen LogP contribution in [0.4, 0.5) is 4.39 Å². The fraction of sp³-hybridized carbons (Fsp3) is 0.400. The highest BCUT2D eigenvalue weighted by Crippen LogP contribution is 2.20. The van der Waals surface area contributed by atoms with E-state index in [0.29, 0.717) is 5.89 Å². The summed E-state index contributed by atoms with van der Waals surface area (Å²) < 4.78 is 18.4. The Kier molecular flexibility index (Phi) is 3.80. The van der Waals surface area contributed by atoms with Crippen molar-refractivity contribution in [2.75, 3.05) is 13.1 Å². The van der Waals surface area contributed by atoms with Gasteiger partial charge in [-0.15, -0.1) is 0 Å². The van der Waals surface area contributed by atoms with Gasteiger partial charge in [-0.3, -0.25) is 4.90 Å². The molecular formula is C15H18FN3O. The van der Waals surface area contributed by atoms with Crippen molar-refractivity contribution in [1.82, 2.24) is 9.88 Å². The average molecular weight is 275 g/mol. The van der Waals surface area contributed by atoms with Gasteiger partial charge in [0, 0.05) is 24.7 Å². The molecule has 2 aromatic rings. The molecule has 1 saturated heterocycles. The quantitative estimate of drug-likeness (QED) is 0.934. The monoisotopic (exact) mass is 275 g/mol. The maximum atomic E-state index is 12.9. The molecule has 106 valence electrons. The number of rotatable bonds is 3. The molecule has 1 aliphatic heterocycles. The second kappa shape index (κ2) is 5.73. The number of piperidine rings is 1. The second-order valence-electron chi connectivity index (χ2n) is 5.29. The predicted octanol–water partition coefficient (Wildman–Crippen LogP) is 2.40. The van der Waals surface area contributed by atoms with Crippen LogP contribution in [0.2, 0.25) is 0 Å². The van der Waals surface area contributed by atoms with Crippen LogP contribution in [-0.2, 0) is 6.54 Å². The van der Waals surface area contributed by atoms with Crippen molar-refractivity contribution < 1.29 is 8.81 Å². The molecule has 5 heteroatoms. The van der Waals surface area contributed by atoms with E-state index in [1.165, 1.54) is 12.1 Å². The lowest BCUT2D eigenvalue weighted by molar-refractivity contribution is 0.199. The van der Waals surface area contributed by atoms with Crippen LogP contribution in [0, 0.1) is 5.82 Å². The normalized spacial score (nSPS) is 20.2. The van der Waals surface area contributed by atoms with Crippen LogP contribution in [0.3, 0.4) is 0 Å². The van der Waals surface area contributed by atoms with Crippen molar-refractivity contribution in [2.24, 2.45) is 5.73 Å². The largest absolute Gasteiger partial charge is 0.444 e. The minimum Gasteiger partial charge on any atom is -0.444 e. The number of likely N-dealkylation sites (tertiary alicyclic amines) is 1. The summed E-state index contributed by atoms with van der Waals surface area (Å²) in [4.78, 5) is 6.75. The fourth-order valence-corrected chi connectivity index (χ4v) is 2.57. The predicted molar refractivity (Wildman–Crippen MR) is 74.4 cm³/mol. The molecule has 0 saturated carbocycles. The Balaban J connectivity index is 1.69. The van der Waals surface area contributed by atoms with E-state index in [0.717, 1.165) is 43.7 Å². The first kappa shape index (κ1) is 13.3. The third-order valence-corrected chi connectivity index (χ3v) is 3.57. The standard InChI is InChI=1S/C15H18FN3O/c16-12-5-3-11(4-6-12)15-18-14(10-20-15)9-19-7-1-2-13(17)8-19/h3-6,10,13H,1-2,7-9,17H2/t13-/m1/s1. The average Bonchev–Trinajstić information content (AvgIpc) is 2.88. The smallest absolute Gasteiger partial charge is 0.226 e. The van der Waals surface area contributed by atoms with Crippen LogP contribution in [-0.4, -0.2) is 29.0 Å². The van der Waals surface area contributed by atoms with Crippen LogP contribution < -0.4 is 5.73 Å². The summed E-state index contributed by atoms with van der Waals surface area (Å²) in [5.74, 6) is 0.268. The summed E-state index contributed by atoms with van der Waals surface area (Å²) in [6, 6.07) is 6.40. The molecule has 1 aliphatic rings. The van der Waals surface area contributed by atoms with E-state index in [9.17, 15) is 4.39 Å². The Morgan fingerprint density at radius 2 is 2.15 bits per heavy atom. The van der Waals surface area contributed by atoms with Gasteiger partial charge in [-0.05, 0) is 43.7 Å². The summed E-state index contributed by atoms with van der Waals surface area (Å²) in [6.45, 7) is 2.70. The summed E-state index contributed by atoms with van der Waals surface area (Å²) in [5.41, 5.74) is 7.64. The molecule has 0 amide bonds. The number of nitrogens with zero attached hydrogens (tertiary/aromatic N) is 2. The van der Waals surface area contributed by atoms with Gasteiger partial charge in [0.15, 0.2) is 0 Å².